The Hall–Kier alpha value is 0.650. The number of aliphatic hydroxyl groups is 1. The quantitative estimate of drug-likeness (QED) is 0.429. The lowest BCUT2D eigenvalue weighted by Crippen LogP contribution is -2.07. The summed E-state index contributed by atoms with van der Waals surface area (Å²) in [5.74, 6) is 0. The van der Waals surface area contributed by atoms with Gasteiger partial charge in [-0.1, -0.05) is 22.6 Å². The first-order valence-electron chi connectivity index (χ1n) is 2.13. The van der Waals surface area contributed by atoms with E-state index in [1.165, 1.54) is 0 Å². The molecule has 0 aromatic carbocycles. The van der Waals surface area contributed by atoms with Gasteiger partial charge in [0.05, 0.1) is 6.61 Å². The Bertz CT molecular complexity index is 38.7. The van der Waals surface area contributed by atoms with Gasteiger partial charge in [0.25, 0.3) is 0 Å². The van der Waals surface area contributed by atoms with Crippen LogP contribution in [0.1, 0.15) is 6.92 Å². The summed E-state index contributed by atoms with van der Waals surface area (Å²) in [6, 6.07) is 0. The molecule has 0 heterocycles. The molecule has 2 nitrogen and oxygen atoms in total. The topological polar surface area (TPSA) is 29.5 Å². The molecule has 7 heavy (non-hydrogen) atoms. The maximum absolute atomic E-state index is 8.46. The predicted molar refractivity (Wildman–Crippen MR) is 36.5 cm³/mol. The van der Waals surface area contributed by atoms with E-state index in [0.29, 0.717) is 6.61 Å². The molecule has 0 rings (SSSR count). The predicted octanol–water partition coefficient (Wildman–Crippen LogP) is 0.776. The molecule has 0 fully saturated rings. The number of aliphatic hydroxyl groups excluding tert-OH is 1. The minimum atomic E-state index is -0.602. The standard InChI is InChI=1S/C4H9IO2/c1-4(6)7-3-2-5/h4,6H,2-3H2,1H3. The monoisotopic (exact) mass is 216 g/mol. The molecule has 0 aliphatic rings. The first-order chi connectivity index (χ1) is 3.27. The fourth-order valence-electron chi connectivity index (χ4n) is 0.215. The van der Waals surface area contributed by atoms with E-state index in [2.05, 4.69) is 22.6 Å². The summed E-state index contributed by atoms with van der Waals surface area (Å²) in [4.78, 5) is 0. The van der Waals surface area contributed by atoms with Gasteiger partial charge >= 0.3 is 0 Å². The SMILES string of the molecule is CC(O)OCCI. The van der Waals surface area contributed by atoms with E-state index in [-0.39, 0.29) is 0 Å². The maximum atomic E-state index is 8.46. The average Bonchev–Trinajstić information content (AvgIpc) is 1.61. The van der Waals surface area contributed by atoms with Gasteiger partial charge < -0.3 is 9.84 Å². The van der Waals surface area contributed by atoms with Crippen molar-refractivity contribution < 1.29 is 9.84 Å². The molecule has 0 aliphatic heterocycles. The van der Waals surface area contributed by atoms with Crippen molar-refractivity contribution in [1.29, 1.82) is 0 Å². The lowest BCUT2D eigenvalue weighted by Gasteiger charge is -2.01. The summed E-state index contributed by atoms with van der Waals surface area (Å²) in [7, 11) is 0. The molecule has 0 aromatic rings. The van der Waals surface area contributed by atoms with Crippen molar-refractivity contribution >= 4 is 22.6 Å². The molecule has 1 unspecified atom stereocenters. The van der Waals surface area contributed by atoms with Crippen LogP contribution in [0.4, 0.5) is 0 Å². The van der Waals surface area contributed by atoms with Crippen LogP contribution in [0.15, 0.2) is 0 Å². The minimum Gasteiger partial charge on any atom is -0.368 e. The summed E-state index contributed by atoms with van der Waals surface area (Å²) in [6.45, 7) is 2.24. The first kappa shape index (κ1) is 7.65. The Morgan fingerprint density at radius 1 is 1.86 bits per heavy atom. The van der Waals surface area contributed by atoms with Crippen molar-refractivity contribution in [3.63, 3.8) is 0 Å². The van der Waals surface area contributed by atoms with Crippen molar-refractivity contribution in [1.82, 2.24) is 0 Å². The van der Waals surface area contributed by atoms with Gasteiger partial charge in [0.15, 0.2) is 6.29 Å². The van der Waals surface area contributed by atoms with Crippen LogP contribution in [0, 0.1) is 0 Å². The lowest BCUT2D eigenvalue weighted by atomic mass is 10.7. The van der Waals surface area contributed by atoms with Gasteiger partial charge in [0.1, 0.15) is 0 Å². The molecular weight excluding hydrogens is 207 g/mol. The number of hydrogen-bond acceptors (Lipinski definition) is 2. The van der Waals surface area contributed by atoms with Crippen LogP contribution in [0.25, 0.3) is 0 Å². The Balaban J connectivity index is 2.68. The Kier molecular flexibility index (Phi) is 5.25. The highest BCUT2D eigenvalue weighted by molar-refractivity contribution is 14.1. The maximum Gasteiger partial charge on any atom is 0.151 e. The number of ether oxygens (including phenoxy) is 1. The van der Waals surface area contributed by atoms with Crippen LogP contribution in [-0.4, -0.2) is 22.4 Å². The third kappa shape index (κ3) is 6.65. The second-order valence-corrected chi connectivity index (χ2v) is 2.24. The van der Waals surface area contributed by atoms with Gasteiger partial charge in [-0.2, -0.15) is 0 Å². The van der Waals surface area contributed by atoms with Crippen LogP contribution in [-0.2, 0) is 4.74 Å². The minimum absolute atomic E-state index is 0.602. The van der Waals surface area contributed by atoms with Gasteiger partial charge in [-0.15, -0.1) is 0 Å². The summed E-state index contributed by atoms with van der Waals surface area (Å²) in [5, 5.41) is 8.46. The van der Waals surface area contributed by atoms with E-state index < -0.39 is 6.29 Å². The van der Waals surface area contributed by atoms with Crippen molar-refractivity contribution in [2.24, 2.45) is 0 Å². The zero-order chi connectivity index (χ0) is 5.70. The Morgan fingerprint density at radius 2 is 2.43 bits per heavy atom. The summed E-state index contributed by atoms with van der Waals surface area (Å²) < 4.78 is 5.67. The van der Waals surface area contributed by atoms with Crippen molar-refractivity contribution in [2.75, 3.05) is 11.0 Å². The van der Waals surface area contributed by atoms with E-state index in [1.807, 2.05) is 0 Å². The first-order valence-corrected chi connectivity index (χ1v) is 3.65. The van der Waals surface area contributed by atoms with E-state index >= 15 is 0 Å². The summed E-state index contributed by atoms with van der Waals surface area (Å²) in [6.07, 6.45) is -0.602. The number of alkyl halides is 1. The smallest absolute Gasteiger partial charge is 0.151 e. The molecule has 0 saturated heterocycles. The fourth-order valence-corrected chi connectivity index (χ4v) is 0.469. The van der Waals surface area contributed by atoms with Crippen LogP contribution < -0.4 is 0 Å². The summed E-state index contributed by atoms with van der Waals surface area (Å²) >= 11 is 2.18. The van der Waals surface area contributed by atoms with Crippen LogP contribution in [0.5, 0.6) is 0 Å². The highest BCUT2D eigenvalue weighted by atomic mass is 127. The van der Waals surface area contributed by atoms with E-state index in [4.69, 9.17) is 9.84 Å². The largest absolute Gasteiger partial charge is 0.368 e. The highest BCUT2D eigenvalue weighted by Crippen LogP contribution is 1.86. The molecule has 0 saturated carbocycles. The van der Waals surface area contributed by atoms with Gasteiger partial charge in [-0.05, 0) is 6.92 Å². The van der Waals surface area contributed by atoms with Gasteiger partial charge in [-0.3, -0.25) is 0 Å². The molecule has 0 bridgehead atoms. The molecule has 3 heteroatoms. The van der Waals surface area contributed by atoms with E-state index in [9.17, 15) is 0 Å². The summed E-state index contributed by atoms with van der Waals surface area (Å²) in [5.41, 5.74) is 0. The Morgan fingerprint density at radius 3 is 2.57 bits per heavy atom. The lowest BCUT2D eigenvalue weighted by molar-refractivity contribution is -0.0784. The highest BCUT2D eigenvalue weighted by Gasteiger charge is 1.89. The second kappa shape index (κ2) is 4.80. The number of halogens is 1. The second-order valence-electron chi connectivity index (χ2n) is 1.16. The van der Waals surface area contributed by atoms with Crippen LogP contribution in [0.2, 0.25) is 0 Å². The molecular formula is C4H9IO2. The van der Waals surface area contributed by atoms with Gasteiger partial charge in [0.2, 0.25) is 0 Å². The van der Waals surface area contributed by atoms with Crippen molar-refractivity contribution in [2.45, 2.75) is 13.2 Å². The zero-order valence-corrected chi connectivity index (χ0v) is 6.38. The zero-order valence-electron chi connectivity index (χ0n) is 4.22. The molecule has 44 valence electrons. The van der Waals surface area contributed by atoms with Crippen LogP contribution in [0.3, 0.4) is 0 Å². The average molecular weight is 216 g/mol. The number of rotatable bonds is 3. The van der Waals surface area contributed by atoms with Crippen LogP contribution >= 0.6 is 22.6 Å². The molecule has 0 aromatic heterocycles. The molecule has 0 radical (unpaired) electrons. The fraction of sp³-hybridized carbons (Fsp3) is 1.00. The van der Waals surface area contributed by atoms with Crippen molar-refractivity contribution in [3.05, 3.63) is 0 Å². The van der Waals surface area contributed by atoms with Gasteiger partial charge in [0, 0.05) is 4.43 Å². The molecule has 1 N–H and O–H groups in total. The van der Waals surface area contributed by atoms with Crippen molar-refractivity contribution in [3.8, 4) is 0 Å². The van der Waals surface area contributed by atoms with E-state index in [0.717, 1.165) is 4.43 Å². The molecule has 0 amide bonds. The molecule has 0 spiro atoms. The normalized spacial score (nSPS) is 14.1. The molecule has 1 atom stereocenters. The number of hydrogen-bond donors (Lipinski definition) is 1. The Labute approximate surface area is 57.0 Å². The van der Waals surface area contributed by atoms with Gasteiger partial charge in [-0.25, -0.2) is 0 Å². The molecule has 0 aliphatic carbocycles. The van der Waals surface area contributed by atoms with E-state index in [1.54, 1.807) is 6.92 Å². The third-order valence-corrected chi connectivity index (χ3v) is 0.877. The third-order valence-electron chi connectivity index (χ3n) is 0.436.